The average molecular weight is 467 g/mol. The highest BCUT2D eigenvalue weighted by Gasteiger charge is 2.23. The molecule has 0 saturated heterocycles. The minimum atomic E-state index is -1.20. The molecule has 0 fully saturated rings. The topological polar surface area (TPSA) is 114 Å². The summed E-state index contributed by atoms with van der Waals surface area (Å²) in [6, 6.07) is 15.5. The number of halogens is 1. The molecule has 1 aliphatic carbocycles. The van der Waals surface area contributed by atoms with Gasteiger partial charge in [0.2, 0.25) is 5.36 Å². The van der Waals surface area contributed by atoms with Crippen molar-refractivity contribution in [1.82, 2.24) is 0 Å². The van der Waals surface area contributed by atoms with E-state index in [-0.39, 0.29) is 23.5 Å². The zero-order valence-electron chi connectivity index (χ0n) is 18.1. The van der Waals surface area contributed by atoms with Gasteiger partial charge < -0.3 is 32.4 Å². The van der Waals surface area contributed by atoms with Crippen molar-refractivity contribution in [2.45, 2.75) is 13.8 Å². The van der Waals surface area contributed by atoms with Crippen LogP contribution in [0.4, 0.5) is 5.69 Å². The molecule has 2 aliphatic rings. The minimum absolute atomic E-state index is 0. The maximum absolute atomic E-state index is 12.1. The van der Waals surface area contributed by atoms with E-state index >= 15 is 0 Å². The summed E-state index contributed by atoms with van der Waals surface area (Å²) in [6.45, 7) is 5.49. The van der Waals surface area contributed by atoms with E-state index in [9.17, 15) is 19.8 Å². The predicted octanol–water partition coefficient (Wildman–Crippen LogP) is 0.0380. The first kappa shape index (κ1) is 23.8. The van der Waals surface area contributed by atoms with Crippen molar-refractivity contribution in [3.05, 3.63) is 71.1 Å². The van der Waals surface area contributed by atoms with Crippen LogP contribution in [-0.4, -0.2) is 35.2 Å². The largest absolute Gasteiger partial charge is 1.00 e. The van der Waals surface area contributed by atoms with Crippen LogP contribution in [0, 0.1) is 0 Å². The highest BCUT2D eigenvalue weighted by Crippen LogP contribution is 2.41. The fourth-order valence-corrected chi connectivity index (χ4v) is 3.88. The standard InChI is InChI=1S/C25H22N2O5.ClH/c1-3-26-15-6-9-18-21(12-15)32-22-13-16(27-4-2)7-10-19(22)23(18)17-8-5-14(24(28)29)11-20(17)25(30)31;/h5-13,26H,3-4H2,1-2H3,(H,28,29)(H,30,31);1H. The lowest BCUT2D eigenvalue weighted by Gasteiger charge is -2.17. The average Bonchev–Trinajstić information content (AvgIpc) is 2.77. The molecule has 2 aromatic carbocycles. The van der Waals surface area contributed by atoms with Gasteiger partial charge >= 0.3 is 11.9 Å². The Hall–Kier alpha value is -3.84. The first-order chi connectivity index (χ1) is 15.4. The Kier molecular flexibility index (Phi) is 7.04. The van der Waals surface area contributed by atoms with Gasteiger partial charge in [0.05, 0.1) is 17.2 Å². The first-order valence-corrected chi connectivity index (χ1v) is 10.3. The van der Waals surface area contributed by atoms with Crippen molar-refractivity contribution in [2.24, 2.45) is 0 Å². The minimum Gasteiger partial charge on any atom is -1.00 e. The molecule has 1 aliphatic heterocycles. The maximum Gasteiger partial charge on any atom is 0.336 e. The van der Waals surface area contributed by atoms with Crippen molar-refractivity contribution in [1.29, 1.82) is 0 Å². The van der Waals surface area contributed by atoms with E-state index in [0.29, 0.717) is 22.5 Å². The van der Waals surface area contributed by atoms with Crippen LogP contribution in [0.3, 0.4) is 0 Å². The van der Waals surface area contributed by atoms with Crippen LogP contribution in [0.2, 0.25) is 0 Å². The van der Waals surface area contributed by atoms with Crippen molar-refractivity contribution < 1.29 is 41.6 Å². The van der Waals surface area contributed by atoms with Crippen molar-refractivity contribution >= 4 is 28.6 Å². The molecular weight excluding hydrogens is 444 g/mol. The van der Waals surface area contributed by atoms with E-state index in [1.54, 1.807) is 6.07 Å². The van der Waals surface area contributed by atoms with Crippen LogP contribution >= 0.6 is 0 Å². The molecule has 4 N–H and O–H groups in total. The van der Waals surface area contributed by atoms with Gasteiger partial charge in [0, 0.05) is 40.9 Å². The number of fused-ring (bicyclic) bond motifs is 2. The Morgan fingerprint density at radius 1 is 0.939 bits per heavy atom. The van der Waals surface area contributed by atoms with Crippen LogP contribution < -0.4 is 28.1 Å². The van der Waals surface area contributed by atoms with Crippen molar-refractivity contribution in [3.8, 4) is 22.5 Å². The third-order valence-electron chi connectivity index (χ3n) is 5.25. The number of nitrogens with one attached hydrogen (secondary N) is 2. The van der Waals surface area contributed by atoms with E-state index in [4.69, 9.17) is 4.42 Å². The van der Waals surface area contributed by atoms with Gasteiger partial charge in [0.15, 0.2) is 0 Å². The van der Waals surface area contributed by atoms with Gasteiger partial charge in [-0.15, -0.1) is 0 Å². The zero-order chi connectivity index (χ0) is 22.8. The number of rotatable bonds is 6. The summed E-state index contributed by atoms with van der Waals surface area (Å²) in [5.74, 6) is -1.78. The first-order valence-electron chi connectivity index (χ1n) is 10.3. The molecule has 2 aromatic rings. The third kappa shape index (κ3) is 4.54. The Bertz CT molecular complexity index is 1390. The predicted molar refractivity (Wildman–Crippen MR) is 121 cm³/mol. The van der Waals surface area contributed by atoms with Crippen LogP contribution in [0.1, 0.15) is 34.6 Å². The van der Waals surface area contributed by atoms with E-state index in [1.165, 1.54) is 12.1 Å². The van der Waals surface area contributed by atoms with Gasteiger partial charge in [0.1, 0.15) is 17.9 Å². The number of hydrogen-bond acceptors (Lipinski definition) is 4. The number of benzene rings is 3. The summed E-state index contributed by atoms with van der Waals surface area (Å²) in [6.07, 6.45) is 0. The van der Waals surface area contributed by atoms with Gasteiger partial charge in [0.25, 0.3) is 0 Å². The Labute approximate surface area is 196 Å². The lowest BCUT2D eigenvalue weighted by atomic mass is 9.90. The number of carbonyl (C=O) groups is 2. The summed E-state index contributed by atoms with van der Waals surface area (Å²) in [5, 5.41) is 24.1. The number of carboxylic acid groups (broad SMARTS) is 2. The summed E-state index contributed by atoms with van der Waals surface area (Å²) in [5.41, 5.74) is 3.17. The molecule has 0 aromatic heterocycles. The Morgan fingerprint density at radius 3 is 2.36 bits per heavy atom. The molecule has 170 valence electrons. The maximum atomic E-state index is 12.1. The second-order valence-corrected chi connectivity index (χ2v) is 7.33. The molecule has 0 unspecified atom stereocenters. The molecule has 0 radical (unpaired) electrons. The highest BCUT2D eigenvalue weighted by atomic mass is 35.5. The lowest BCUT2D eigenvalue weighted by Crippen LogP contribution is -3.00. The molecule has 33 heavy (non-hydrogen) atoms. The fraction of sp³-hybridized carbons (Fsp3) is 0.160. The van der Waals surface area contributed by atoms with E-state index in [0.717, 1.165) is 35.1 Å². The van der Waals surface area contributed by atoms with Crippen LogP contribution in [-0.2, 0) is 0 Å². The van der Waals surface area contributed by atoms with E-state index in [2.05, 4.69) is 10.3 Å². The molecule has 0 spiro atoms. The SMILES string of the molecule is CCNc1ccc2c(-c3ccc(C(=O)O)cc3C(=O)O)c3ccc(=[NH+]CC)cc-3oc2c1.[Cl-]. The molecule has 1 heterocycles. The summed E-state index contributed by atoms with van der Waals surface area (Å²) >= 11 is 0. The fourth-order valence-electron chi connectivity index (χ4n) is 3.88. The molecule has 7 nitrogen and oxygen atoms in total. The van der Waals surface area contributed by atoms with E-state index in [1.807, 2.05) is 50.2 Å². The van der Waals surface area contributed by atoms with Crippen LogP contribution in [0.5, 0.6) is 0 Å². The number of aromatic carboxylic acids is 2. The highest BCUT2D eigenvalue weighted by molar-refractivity contribution is 6.08. The third-order valence-corrected chi connectivity index (χ3v) is 5.25. The van der Waals surface area contributed by atoms with E-state index < -0.39 is 11.9 Å². The van der Waals surface area contributed by atoms with Crippen molar-refractivity contribution in [3.63, 3.8) is 0 Å². The van der Waals surface area contributed by atoms with Crippen LogP contribution in [0.25, 0.3) is 33.4 Å². The van der Waals surface area contributed by atoms with Gasteiger partial charge in [-0.3, -0.25) is 0 Å². The van der Waals surface area contributed by atoms with Gasteiger partial charge in [-0.2, -0.15) is 0 Å². The smallest absolute Gasteiger partial charge is 0.336 e. The van der Waals surface area contributed by atoms with Gasteiger partial charge in [-0.1, -0.05) is 6.07 Å². The second-order valence-electron chi connectivity index (χ2n) is 7.33. The molecule has 0 atom stereocenters. The van der Waals surface area contributed by atoms with Gasteiger partial charge in [-0.05, 0) is 49.7 Å². The summed E-state index contributed by atoms with van der Waals surface area (Å²) in [7, 11) is 0. The quantitative estimate of drug-likeness (QED) is 0.298. The molecular formula is C25H23ClN2O5. The van der Waals surface area contributed by atoms with Crippen LogP contribution in [0.15, 0.2) is 59.0 Å². The summed E-state index contributed by atoms with van der Waals surface area (Å²) < 4.78 is 6.22. The molecule has 0 bridgehead atoms. The second kappa shape index (κ2) is 9.75. The summed E-state index contributed by atoms with van der Waals surface area (Å²) in [4.78, 5) is 26.8. The number of anilines is 1. The number of hydrogen-bond donors (Lipinski definition) is 4. The normalized spacial score (nSPS) is 11.4. The molecule has 0 saturated carbocycles. The Morgan fingerprint density at radius 2 is 1.70 bits per heavy atom. The molecule has 8 heteroatoms. The van der Waals surface area contributed by atoms with Gasteiger partial charge in [-0.25, -0.2) is 14.6 Å². The monoisotopic (exact) mass is 466 g/mol. The molecule has 0 amide bonds. The van der Waals surface area contributed by atoms with Crippen molar-refractivity contribution in [2.75, 3.05) is 18.4 Å². The lowest BCUT2D eigenvalue weighted by molar-refractivity contribution is -0.496. The molecule has 4 rings (SSSR count). The number of carboxylic acids is 2. The Balaban J connectivity index is 0.00000306. The zero-order valence-corrected chi connectivity index (χ0v) is 18.9.